The largest absolute Gasteiger partial charge is 0.494 e. The fourth-order valence-corrected chi connectivity index (χ4v) is 3.56. The quantitative estimate of drug-likeness (QED) is 0.571. The second-order valence-electron chi connectivity index (χ2n) is 5.36. The fourth-order valence-electron chi connectivity index (χ4n) is 2.35. The van der Waals surface area contributed by atoms with E-state index in [-0.39, 0.29) is 11.4 Å². The maximum Gasteiger partial charge on any atom is 0.287 e. The highest BCUT2D eigenvalue weighted by Crippen LogP contribution is 2.25. The van der Waals surface area contributed by atoms with E-state index in [0.717, 1.165) is 17.0 Å². The van der Waals surface area contributed by atoms with Crippen molar-refractivity contribution in [2.24, 2.45) is 0 Å². The van der Waals surface area contributed by atoms with Crippen molar-refractivity contribution in [3.63, 3.8) is 0 Å². The molecule has 0 fully saturated rings. The number of benzene rings is 2. The molecule has 0 bridgehead atoms. The molecule has 0 saturated heterocycles. The number of hydrogen-bond acceptors (Lipinski definition) is 4. The van der Waals surface area contributed by atoms with Crippen LogP contribution < -0.4 is 10.3 Å². The molecule has 2 aromatic carbocycles. The Morgan fingerprint density at radius 2 is 2.00 bits per heavy atom. The minimum absolute atomic E-state index is 0.222. The van der Waals surface area contributed by atoms with Crippen LogP contribution in [0.5, 0.6) is 5.75 Å². The Hall–Kier alpha value is -2.31. The zero-order valence-electron chi connectivity index (χ0n) is 14.0. The Morgan fingerprint density at radius 1 is 1.23 bits per heavy atom. The van der Waals surface area contributed by atoms with Gasteiger partial charge in [-0.15, -0.1) is 0 Å². The topological polar surface area (TPSA) is 44.1 Å². The molecule has 1 heterocycles. The van der Waals surface area contributed by atoms with E-state index in [4.69, 9.17) is 16.3 Å². The minimum Gasteiger partial charge on any atom is -0.494 e. The Kier molecular flexibility index (Phi) is 5.96. The summed E-state index contributed by atoms with van der Waals surface area (Å²) in [4.78, 5) is 16.9. The third-order valence-corrected chi connectivity index (χ3v) is 4.98. The van der Waals surface area contributed by atoms with Gasteiger partial charge in [-0.25, -0.2) is 9.37 Å². The maximum atomic E-state index is 13.1. The van der Waals surface area contributed by atoms with Crippen molar-refractivity contribution in [3.8, 4) is 11.4 Å². The van der Waals surface area contributed by atoms with Gasteiger partial charge in [-0.1, -0.05) is 29.4 Å². The van der Waals surface area contributed by atoms with E-state index in [1.807, 2.05) is 31.2 Å². The van der Waals surface area contributed by atoms with Crippen molar-refractivity contribution < 1.29 is 9.13 Å². The number of nitrogens with zero attached hydrogens (tertiary/aromatic N) is 2. The van der Waals surface area contributed by atoms with E-state index in [1.54, 1.807) is 18.5 Å². The van der Waals surface area contributed by atoms with E-state index in [9.17, 15) is 9.18 Å². The number of ether oxygens (including phenoxy) is 1. The van der Waals surface area contributed by atoms with Gasteiger partial charge in [0.05, 0.1) is 6.61 Å². The summed E-state index contributed by atoms with van der Waals surface area (Å²) in [5.74, 6) is 0.785. The van der Waals surface area contributed by atoms with Gasteiger partial charge in [-0.05, 0) is 48.9 Å². The lowest BCUT2D eigenvalue weighted by Crippen LogP contribution is -2.20. The Morgan fingerprint density at radius 3 is 2.69 bits per heavy atom. The summed E-state index contributed by atoms with van der Waals surface area (Å²) in [5.41, 5.74) is 1.25. The third kappa shape index (κ3) is 4.26. The van der Waals surface area contributed by atoms with E-state index >= 15 is 0 Å². The van der Waals surface area contributed by atoms with Crippen LogP contribution in [0.3, 0.4) is 0 Å². The van der Waals surface area contributed by atoms with E-state index in [1.165, 1.54) is 28.5 Å². The van der Waals surface area contributed by atoms with Crippen LogP contribution in [0.15, 0.2) is 64.7 Å². The maximum absolute atomic E-state index is 13.1. The molecule has 4 nitrogen and oxygen atoms in total. The SMILES string of the molecule is CCOc1ccc(-n2ccnc(SCc3ccc(F)cc3Cl)c2=O)cc1. The summed E-state index contributed by atoms with van der Waals surface area (Å²) in [6.45, 7) is 2.50. The van der Waals surface area contributed by atoms with Gasteiger partial charge in [0.15, 0.2) is 5.03 Å². The van der Waals surface area contributed by atoms with Crippen LogP contribution in [0.25, 0.3) is 5.69 Å². The third-order valence-electron chi connectivity index (χ3n) is 3.61. The average molecular weight is 391 g/mol. The molecule has 0 aliphatic rings. The highest BCUT2D eigenvalue weighted by molar-refractivity contribution is 7.98. The first-order chi connectivity index (χ1) is 12.6. The second kappa shape index (κ2) is 8.38. The van der Waals surface area contributed by atoms with Gasteiger partial charge in [-0.2, -0.15) is 0 Å². The number of aromatic nitrogens is 2. The molecule has 3 rings (SSSR count). The van der Waals surface area contributed by atoms with Crippen molar-refractivity contribution in [3.05, 3.63) is 81.6 Å². The Bertz CT molecular complexity index is 960. The zero-order chi connectivity index (χ0) is 18.5. The van der Waals surface area contributed by atoms with Gasteiger partial charge < -0.3 is 4.74 Å². The standard InChI is InChI=1S/C19H16ClFN2O2S/c1-2-25-16-7-5-15(6-8-16)23-10-9-22-18(19(23)24)26-12-13-3-4-14(21)11-17(13)20/h3-11H,2,12H2,1H3. The van der Waals surface area contributed by atoms with Gasteiger partial charge in [0.2, 0.25) is 0 Å². The van der Waals surface area contributed by atoms with Crippen molar-refractivity contribution >= 4 is 23.4 Å². The molecule has 3 aromatic rings. The molecule has 1 aromatic heterocycles. The first-order valence-corrected chi connectivity index (χ1v) is 9.32. The lowest BCUT2D eigenvalue weighted by atomic mass is 10.2. The van der Waals surface area contributed by atoms with Crippen molar-refractivity contribution in [2.45, 2.75) is 17.7 Å². The molecule has 0 radical (unpaired) electrons. The van der Waals surface area contributed by atoms with Gasteiger partial charge in [0.25, 0.3) is 5.56 Å². The van der Waals surface area contributed by atoms with Gasteiger partial charge in [0, 0.05) is 28.9 Å². The van der Waals surface area contributed by atoms with E-state index < -0.39 is 0 Å². The molecule has 7 heteroatoms. The Labute approximate surface area is 159 Å². The summed E-state index contributed by atoms with van der Waals surface area (Å²) >= 11 is 7.30. The van der Waals surface area contributed by atoms with E-state index in [0.29, 0.717) is 22.4 Å². The van der Waals surface area contributed by atoms with Crippen molar-refractivity contribution in [2.75, 3.05) is 6.61 Å². The molecule has 0 N–H and O–H groups in total. The molecule has 0 saturated carbocycles. The summed E-state index contributed by atoms with van der Waals surface area (Å²) in [6.07, 6.45) is 3.19. The number of rotatable bonds is 6. The average Bonchev–Trinajstić information content (AvgIpc) is 2.63. The van der Waals surface area contributed by atoms with Crippen LogP contribution in [0.1, 0.15) is 12.5 Å². The molecule has 0 unspecified atom stereocenters. The lowest BCUT2D eigenvalue weighted by Gasteiger charge is -2.09. The molecule has 0 amide bonds. The lowest BCUT2D eigenvalue weighted by molar-refractivity contribution is 0.340. The number of halogens is 2. The first-order valence-electron chi connectivity index (χ1n) is 7.96. The second-order valence-corrected chi connectivity index (χ2v) is 6.73. The summed E-state index contributed by atoms with van der Waals surface area (Å²) in [7, 11) is 0. The first kappa shape index (κ1) is 18.5. The van der Waals surface area contributed by atoms with Gasteiger partial charge >= 0.3 is 0 Å². The van der Waals surface area contributed by atoms with Crippen LogP contribution >= 0.6 is 23.4 Å². The predicted molar refractivity (Wildman–Crippen MR) is 102 cm³/mol. The fraction of sp³-hybridized carbons (Fsp3) is 0.158. The normalized spacial score (nSPS) is 10.7. The van der Waals surface area contributed by atoms with Gasteiger partial charge in [0.1, 0.15) is 11.6 Å². The predicted octanol–water partition coefficient (Wildman–Crippen LogP) is 4.72. The van der Waals surface area contributed by atoms with E-state index in [2.05, 4.69) is 4.98 Å². The van der Waals surface area contributed by atoms with Crippen LogP contribution in [0.2, 0.25) is 5.02 Å². The molecule has 0 aliphatic heterocycles. The molecular formula is C19H16ClFN2O2S. The molecule has 26 heavy (non-hydrogen) atoms. The summed E-state index contributed by atoms with van der Waals surface area (Å²) < 4.78 is 20.1. The minimum atomic E-state index is -0.389. The summed E-state index contributed by atoms with van der Waals surface area (Å²) in [6, 6.07) is 11.5. The van der Waals surface area contributed by atoms with Crippen LogP contribution in [-0.4, -0.2) is 16.2 Å². The number of hydrogen-bond donors (Lipinski definition) is 0. The van der Waals surface area contributed by atoms with Crippen LogP contribution in [-0.2, 0) is 5.75 Å². The van der Waals surface area contributed by atoms with Gasteiger partial charge in [-0.3, -0.25) is 9.36 Å². The highest BCUT2D eigenvalue weighted by Gasteiger charge is 2.10. The van der Waals surface area contributed by atoms with Crippen molar-refractivity contribution in [1.29, 1.82) is 0 Å². The van der Waals surface area contributed by atoms with Crippen molar-refractivity contribution in [1.82, 2.24) is 9.55 Å². The highest BCUT2D eigenvalue weighted by atomic mass is 35.5. The zero-order valence-corrected chi connectivity index (χ0v) is 15.6. The Balaban J connectivity index is 1.81. The summed E-state index contributed by atoms with van der Waals surface area (Å²) in [5, 5.41) is 0.682. The monoisotopic (exact) mass is 390 g/mol. The molecule has 0 atom stereocenters. The molecular weight excluding hydrogens is 375 g/mol. The van der Waals surface area contributed by atoms with Crippen LogP contribution in [0, 0.1) is 5.82 Å². The smallest absolute Gasteiger partial charge is 0.287 e. The number of thioether (sulfide) groups is 1. The molecule has 0 spiro atoms. The molecule has 134 valence electrons. The van der Waals surface area contributed by atoms with Crippen LogP contribution in [0.4, 0.5) is 4.39 Å². The molecule has 0 aliphatic carbocycles.